The molecule has 6 nitrogen and oxygen atoms in total. The molecule has 1 heterocycles. The molecule has 0 saturated heterocycles. The summed E-state index contributed by atoms with van der Waals surface area (Å²) in [5, 5.41) is 4.53. The van der Waals surface area contributed by atoms with Crippen molar-refractivity contribution in [3.8, 4) is 22.8 Å². The van der Waals surface area contributed by atoms with E-state index in [0.717, 1.165) is 17.0 Å². The lowest BCUT2D eigenvalue weighted by Crippen LogP contribution is -2.31. The molecule has 4 rings (SSSR count). The molecule has 0 aliphatic heterocycles. The van der Waals surface area contributed by atoms with E-state index in [4.69, 9.17) is 4.74 Å². The Kier molecular flexibility index (Phi) is 6.08. The van der Waals surface area contributed by atoms with Crippen molar-refractivity contribution < 1.29 is 9.53 Å². The van der Waals surface area contributed by atoms with Crippen molar-refractivity contribution in [1.82, 2.24) is 19.7 Å². The van der Waals surface area contributed by atoms with Gasteiger partial charge in [-0.25, -0.2) is 9.67 Å². The van der Waals surface area contributed by atoms with Crippen molar-refractivity contribution in [2.45, 2.75) is 6.92 Å². The van der Waals surface area contributed by atoms with Crippen LogP contribution in [0.1, 0.15) is 16.2 Å². The van der Waals surface area contributed by atoms with Gasteiger partial charge in [-0.05, 0) is 31.2 Å². The molecule has 31 heavy (non-hydrogen) atoms. The number of hydrogen-bond donors (Lipinski definition) is 0. The van der Waals surface area contributed by atoms with E-state index in [1.54, 1.807) is 16.6 Å². The lowest BCUT2D eigenvalue weighted by molar-refractivity contribution is 0.0762. The van der Waals surface area contributed by atoms with Crippen molar-refractivity contribution in [3.05, 3.63) is 96.3 Å². The first-order valence-corrected chi connectivity index (χ1v) is 10.1. The topological polar surface area (TPSA) is 60.2 Å². The standard InChI is InChI=1S/C25H24N4O2/c1-19-13-15-22(16-14-19)31-18-17-28(2)25(30)23-26-24(20-9-5-3-6-10-20)29(27-23)21-11-7-4-8-12-21/h3-16H,17-18H2,1-2H3. The third-order valence-electron chi connectivity index (χ3n) is 4.89. The van der Waals surface area contributed by atoms with Crippen molar-refractivity contribution in [2.75, 3.05) is 20.2 Å². The molecular formula is C25H24N4O2. The van der Waals surface area contributed by atoms with Gasteiger partial charge in [-0.3, -0.25) is 4.79 Å². The summed E-state index contributed by atoms with van der Waals surface area (Å²) in [4.78, 5) is 19.1. The number of para-hydroxylation sites is 1. The van der Waals surface area contributed by atoms with Crippen LogP contribution in [-0.4, -0.2) is 45.8 Å². The van der Waals surface area contributed by atoms with Crippen LogP contribution in [0.3, 0.4) is 0 Å². The van der Waals surface area contributed by atoms with Gasteiger partial charge in [-0.2, -0.15) is 0 Å². The molecule has 0 bridgehead atoms. The summed E-state index contributed by atoms with van der Waals surface area (Å²) < 4.78 is 7.45. The largest absolute Gasteiger partial charge is 0.492 e. The Morgan fingerprint density at radius 1 is 0.935 bits per heavy atom. The maximum Gasteiger partial charge on any atom is 0.293 e. The van der Waals surface area contributed by atoms with Gasteiger partial charge in [0.1, 0.15) is 12.4 Å². The number of nitrogens with zero attached hydrogens (tertiary/aromatic N) is 4. The van der Waals surface area contributed by atoms with Gasteiger partial charge in [0, 0.05) is 12.6 Å². The quantitative estimate of drug-likeness (QED) is 0.452. The number of aromatic nitrogens is 3. The zero-order chi connectivity index (χ0) is 21.6. The van der Waals surface area contributed by atoms with Crippen molar-refractivity contribution >= 4 is 5.91 Å². The Balaban J connectivity index is 1.52. The Morgan fingerprint density at radius 2 is 1.58 bits per heavy atom. The Hall–Kier alpha value is -3.93. The smallest absolute Gasteiger partial charge is 0.293 e. The van der Waals surface area contributed by atoms with E-state index in [2.05, 4.69) is 10.1 Å². The molecule has 1 aromatic heterocycles. The fourth-order valence-electron chi connectivity index (χ4n) is 3.13. The Labute approximate surface area is 181 Å². The van der Waals surface area contributed by atoms with Crippen molar-refractivity contribution in [2.24, 2.45) is 0 Å². The van der Waals surface area contributed by atoms with Crippen molar-refractivity contribution in [3.63, 3.8) is 0 Å². The first kappa shape index (κ1) is 20.3. The molecule has 6 heteroatoms. The third kappa shape index (κ3) is 4.80. The molecular weight excluding hydrogens is 388 g/mol. The van der Waals surface area contributed by atoms with Gasteiger partial charge in [0.15, 0.2) is 5.82 Å². The predicted molar refractivity (Wildman–Crippen MR) is 120 cm³/mol. The highest BCUT2D eigenvalue weighted by molar-refractivity contribution is 5.90. The molecule has 0 saturated carbocycles. The van der Waals surface area contributed by atoms with E-state index in [1.165, 1.54) is 5.56 Å². The molecule has 0 atom stereocenters. The second-order valence-electron chi connectivity index (χ2n) is 7.26. The number of likely N-dealkylation sites (N-methyl/N-ethyl adjacent to an activating group) is 1. The number of hydrogen-bond acceptors (Lipinski definition) is 4. The highest BCUT2D eigenvalue weighted by Gasteiger charge is 2.21. The molecule has 4 aromatic rings. The van der Waals surface area contributed by atoms with E-state index < -0.39 is 0 Å². The van der Waals surface area contributed by atoms with Crippen LogP contribution in [0.2, 0.25) is 0 Å². The first-order chi connectivity index (χ1) is 15.1. The van der Waals surface area contributed by atoms with Crippen LogP contribution in [0, 0.1) is 6.92 Å². The second-order valence-corrected chi connectivity index (χ2v) is 7.26. The molecule has 0 N–H and O–H groups in total. The fraction of sp³-hybridized carbons (Fsp3) is 0.160. The molecule has 156 valence electrons. The number of carbonyl (C=O) groups is 1. The summed E-state index contributed by atoms with van der Waals surface area (Å²) in [5.41, 5.74) is 2.91. The van der Waals surface area contributed by atoms with Gasteiger partial charge in [-0.1, -0.05) is 66.2 Å². The number of amides is 1. The van der Waals surface area contributed by atoms with E-state index >= 15 is 0 Å². The number of carbonyl (C=O) groups excluding carboxylic acids is 1. The van der Waals surface area contributed by atoms with Crippen molar-refractivity contribution in [1.29, 1.82) is 0 Å². The average Bonchev–Trinajstić information content (AvgIpc) is 3.26. The van der Waals surface area contributed by atoms with Crippen LogP contribution < -0.4 is 4.74 Å². The molecule has 1 amide bonds. The maximum atomic E-state index is 13.0. The minimum atomic E-state index is -0.251. The van der Waals surface area contributed by atoms with Crippen LogP contribution in [-0.2, 0) is 0 Å². The average molecular weight is 412 g/mol. The normalized spacial score (nSPS) is 10.6. The maximum absolute atomic E-state index is 13.0. The SMILES string of the molecule is Cc1ccc(OCCN(C)C(=O)c2nc(-c3ccccc3)n(-c3ccccc3)n2)cc1. The number of benzene rings is 3. The summed E-state index contributed by atoms with van der Waals surface area (Å²) in [5.74, 6) is 1.31. The Bertz CT molecular complexity index is 1080. The molecule has 0 unspecified atom stereocenters. The third-order valence-corrected chi connectivity index (χ3v) is 4.89. The molecule has 0 aliphatic carbocycles. The van der Waals surface area contributed by atoms with Gasteiger partial charge in [0.2, 0.25) is 5.82 Å². The summed E-state index contributed by atoms with van der Waals surface area (Å²) in [6.45, 7) is 2.84. The minimum absolute atomic E-state index is 0.153. The summed E-state index contributed by atoms with van der Waals surface area (Å²) in [7, 11) is 1.73. The minimum Gasteiger partial charge on any atom is -0.492 e. The molecule has 3 aromatic carbocycles. The zero-order valence-corrected chi connectivity index (χ0v) is 17.6. The second kappa shape index (κ2) is 9.26. The van der Waals surface area contributed by atoms with Gasteiger partial charge in [0.05, 0.1) is 12.2 Å². The predicted octanol–water partition coefficient (Wildman–Crippen LogP) is 4.39. The van der Waals surface area contributed by atoms with E-state index in [9.17, 15) is 4.79 Å². The zero-order valence-electron chi connectivity index (χ0n) is 17.6. The van der Waals surface area contributed by atoms with Gasteiger partial charge in [0.25, 0.3) is 5.91 Å². The molecule has 0 aliphatic rings. The van der Waals surface area contributed by atoms with E-state index in [0.29, 0.717) is 19.0 Å². The van der Waals surface area contributed by atoms with Gasteiger partial charge in [-0.15, -0.1) is 5.10 Å². The summed E-state index contributed by atoms with van der Waals surface area (Å²) in [6.07, 6.45) is 0. The number of aryl methyl sites for hydroxylation is 1. The highest BCUT2D eigenvalue weighted by atomic mass is 16.5. The first-order valence-electron chi connectivity index (χ1n) is 10.1. The fourth-order valence-corrected chi connectivity index (χ4v) is 3.13. The van der Waals surface area contributed by atoms with Crippen LogP contribution in [0.4, 0.5) is 0 Å². The van der Waals surface area contributed by atoms with E-state index in [-0.39, 0.29) is 11.7 Å². The van der Waals surface area contributed by atoms with Crippen LogP contribution in [0.5, 0.6) is 5.75 Å². The summed E-state index contributed by atoms with van der Waals surface area (Å²) in [6, 6.07) is 27.3. The highest BCUT2D eigenvalue weighted by Crippen LogP contribution is 2.21. The van der Waals surface area contributed by atoms with Crippen LogP contribution in [0.15, 0.2) is 84.9 Å². The summed E-state index contributed by atoms with van der Waals surface area (Å²) >= 11 is 0. The Morgan fingerprint density at radius 3 is 2.26 bits per heavy atom. The van der Waals surface area contributed by atoms with E-state index in [1.807, 2.05) is 91.9 Å². The molecule has 0 fully saturated rings. The number of rotatable bonds is 7. The monoisotopic (exact) mass is 412 g/mol. The van der Waals surface area contributed by atoms with Gasteiger partial charge < -0.3 is 9.64 Å². The lowest BCUT2D eigenvalue weighted by atomic mass is 10.2. The van der Waals surface area contributed by atoms with Crippen LogP contribution in [0.25, 0.3) is 17.1 Å². The van der Waals surface area contributed by atoms with Gasteiger partial charge >= 0.3 is 0 Å². The molecule has 0 spiro atoms. The lowest BCUT2D eigenvalue weighted by Gasteiger charge is -2.15. The van der Waals surface area contributed by atoms with Crippen LogP contribution >= 0.6 is 0 Å². The molecule has 0 radical (unpaired) electrons. The number of ether oxygens (including phenoxy) is 1.